The number of phosphoric acid groups is 1. The van der Waals surface area contributed by atoms with Crippen LogP contribution in [0.25, 0.3) is 0 Å². The van der Waals surface area contributed by atoms with Crippen LogP contribution in [0.2, 0.25) is 0 Å². The van der Waals surface area contributed by atoms with Crippen molar-refractivity contribution in [3.8, 4) is 0 Å². The summed E-state index contributed by atoms with van der Waals surface area (Å²) in [6.07, 6.45) is 58.3. The van der Waals surface area contributed by atoms with E-state index in [1.165, 1.54) is 212 Å². The Labute approximate surface area is 398 Å². The minimum atomic E-state index is -4.59. The third-order valence-corrected chi connectivity index (χ3v) is 13.6. The second-order valence-corrected chi connectivity index (χ2v) is 21.7. The quantitative estimate of drug-likeness (QED) is 0.0272. The van der Waals surface area contributed by atoms with Crippen LogP contribution >= 0.6 is 7.82 Å². The van der Waals surface area contributed by atoms with Gasteiger partial charge in [-0.1, -0.05) is 244 Å². The van der Waals surface area contributed by atoms with E-state index in [9.17, 15) is 19.4 Å². The number of phosphoric ester groups is 1. The van der Waals surface area contributed by atoms with E-state index in [-0.39, 0.29) is 19.1 Å². The molecule has 3 unspecified atom stereocenters. The van der Waals surface area contributed by atoms with Crippen LogP contribution in [-0.2, 0) is 18.4 Å². The fourth-order valence-electron chi connectivity index (χ4n) is 8.27. The number of aliphatic hydroxyl groups excluding tert-OH is 1. The summed E-state index contributed by atoms with van der Waals surface area (Å²) in [5.74, 6) is -0.195. The van der Waals surface area contributed by atoms with Gasteiger partial charge in [-0.25, -0.2) is 0 Å². The molecule has 9 heteroatoms. The predicted molar refractivity (Wildman–Crippen MR) is 275 cm³/mol. The average Bonchev–Trinajstić information content (AvgIpc) is 3.25. The molecule has 0 rings (SSSR count). The average molecular weight is 925 g/mol. The lowest BCUT2D eigenvalue weighted by Crippen LogP contribution is -2.45. The van der Waals surface area contributed by atoms with Gasteiger partial charge >= 0.3 is 0 Å². The summed E-state index contributed by atoms with van der Waals surface area (Å²) in [6, 6.07) is -0.883. The predicted octanol–water partition coefficient (Wildman–Crippen LogP) is 15.8. The molecule has 380 valence electrons. The molecule has 2 N–H and O–H groups in total. The van der Waals surface area contributed by atoms with Gasteiger partial charge in [0.05, 0.1) is 39.9 Å². The highest BCUT2D eigenvalue weighted by Crippen LogP contribution is 2.38. The molecule has 0 aromatic heterocycles. The molecule has 0 fully saturated rings. The molecule has 3 atom stereocenters. The van der Waals surface area contributed by atoms with E-state index in [1.807, 2.05) is 27.2 Å². The highest BCUT2D eigenvalue weighted by molar-refractivity contribution is 7.45. The molecular formula is C55H109N2O6P. The zero-order valence-corrected chi connectivity index (χ0v) is 44.1. The monoisotopic (exact) mass is 925 g/mol. The van der Waals surface area contributed by atoms with E-state index in [4.69, 9.17) is 9.05 Å². The largest absolute Gasteiger partial charge is 0.756 e. The van der Waals surface area contributed by atoms with E-state index in [0.29, 0.717) is 17.4 Å². The molecule has 0 radical (unpaired) electrons. The van der Waals surface area contributed by atoms with Crippen LogP contribution in [0.5, 0.6) is 0 Å². The molecule has 0 saturated heterocycles. The zero-order valence-electron chi connectivity index (χ0n) is 43.3. The van der Waals surface area contributed by atoms with Crippen molar-refractivity contribution in [2.45, 2.75) is 283 Å². The van der Waals surface area contributed by atoms with E-state index >= 15 is 0 Å². The van der Waals surface area contributed by atoms with Gasteiger partial charge in [-0.2, -0.15) is 0 Å². The normalized spacial score (nSPS) is 14.2. The lowest BCUT2D eigenvalue weighted by atomic mass is 10.0. The van der Waals surface area contributed by atoms with Gasteiger partial charge in [-0.3, -0.25) is 9.36 Å². The molecule has 0 spiro atoms. The van der Waals surface area contributed by atoms with Gasteiger partial charge in [0.15, 0.2) is 0 Å². The molecule has 0 aliphatic heterocycles. The lowest BCUT2D eigenvalue weighted by molar-refractivity contribution is -0.870. The number of carbonyl (C=O) groups is 1. The van der Waals surface area contributed by atoms with Crippen molar-refractivity contribution in [2.75, 3.05) is 40.9 Å². The van der Waals surface area contributed by atoms with Crippen molar-refractivity contribution in [3.63, 3.8) is 0 Å². The molecule has 0 heterocycles. The maximum Gasteiger partial charge on any atom is 0.268 e. The van der Waals surface area contributed by atoms with Crippen LogP contribution < -0.4 is 10.2 Å². The van der Waals surface area contributed by atoms with Crippen molar-refractivity contribution in [1.82, 2.24) is 5.32 Å². The number of carbonyl (C=O) groups excluding carboxylic acids is 1. The third kappa shape index (κ3) is 48.9. The molecule has 0 aliphatic rings. The highest BCUT2D eigenvalue weighted by Gasteiger charge is 2.23. The zero-order chi connectivity index (χ0) is 47.1. The number of nitrogens with zero attached hydrogens (tertiary/aromatic N) is 1. The Morgan fingerprint density at radius 2 is 0.859 bits per heavy atom. The van der Waals surface area contributed by atoms with Crippen LogP contribution in [0.3, 0.4) is 0 Å². The van der Waals surface area contributed by atoms with E-state index in [0.717, 1.165) is 38.5 Å². The van der Waals surface area contributed by atoms with Crippen molar-refractivity contribution in [3.05, 3.63) is 24.3 Å². The number of aliphatic hydroxyl groups is 1. The van der Waals surface area contributed by atoms with E-state index in [2.05, 4.69) is 31.3 Å². The smallest absolute Gasteiger partial charge is 0.268 e. The van der Waals surface area contributed by atoms with Crippen LogP contribution in [0.15, 0.2) is 24.3 Å². The Morgan fingerprint density at radius 3 is 1.22 bits per heavy atom. The maximum atomic E-state index is 12.9. The fourth-order valence-corrected chi connectivity index (χ4v) is 8.99. The van der Waals surface area contributed by atoms with Gasteiger partial charge in [0.25, 0.3) is 7.82 Å². The van der Waals surface area contributed by atoms with E-state index in [1.54, 1.807) is 6.08 Å². The molecule has 8 nitrogen and oxygen atoms in total. The summed E-state index contributed by atoms with van der Waals surface area (Å²) < 4.78 is 23.3. The first-order valence-corrected chi connectivity index (χ1v) is 29.2. The van der Waals surface area contributed by atoms with Gasteiger partial charge in [0.2, 0.25) is 5.91 Å². The first-order valence-electron chi connectivity index (χ1n) is 27.7. The van der Waals surface area contributed by atoms with Crippen molar-refractivity contribution >= 4 is 13.7 Å². The molecular weight excluding hydrogens is 816 g/mol. The number of hydrogen-bond donors (Lipinski definition) is 2. The van der Waals surface area contributed by atoms with Crippen molar-refractivity contribution < 1.29 is 32.9 Å². The summed E-state index contributed by atoms with van der Waals surface area (Å²) in [5.41, 5.74) is 0. The minimum Gasteiger partial charge on any atom is -0.756 e. The lowest BCUT2D eigenvalue weighted by Gasteiger charge is -2.29. The van der Waals surface area contributed by atoms with Crippen LogP contribution in [0, 0.1) is 0 Å². The van der Waals surface area contributed by atoms with Crippen LogP contribution in [-0.4, -0.2) is 68.5 Å². The fraction of sp³-hybridized carbons (Fsp3) is 0.909. The summed E-state index contributed by atoms with van der Waals surface area (Å²) in [4.78, 5) is 25.4. The number of unbranched alkanes of at least 4 members (excludes halogenated alkanes) is 36. The number of likely N-dealkylation sites (N-methyl/N-ethyl adjacent to an activating group) is 1. The summed E-state index contributed by atoms with van der Waals surface area (Å²) >= 11 is 0. The maximum absolute atomic E-state index is 12.9. The topological polar surface area (TPSA) is 108 Å². The summed E-state index contributed by atoms with van der Waals surface area (Å²) in [6.45, 7) is 4.67. The minimum absolute atomic E-state index is 0.000700. The van der Waals surface area contributed by atoms with Gasteiger partial charge < -0.3 is 28.8 Å². The Bertz CT molecular complexity index is 1090. The number of quaternary nitrogens is 1. The highest BCUT2D eigenvalue weighted by atomic mass is 31.2. The Hall–Kier alpha value is -1.02. The number of allylic oxidation sites excluding steroid dienone is 3. The van der Waals surface area contributed by atoms with Gasteiger partial charge in [-0.15, -0.1) is 0 Å². The van der Waals surface area contributed by atoms with Gasteiger partial charge in [-0.05, 0) is 44.9 Å². The first-order chi connectivity index (χ1) is 31.0. The molecule has 0 aliphatic carbocycles. The molecule has 1 amide bonds. The van der Waals surface area contributed by atoms with Crippen LogP contribution in [0.4, 0.5) is 0 Å². The Balaban J connectivity index is 4.08. The Kier molecular flexibility index (Phi) is 46.3. The van der Waals surface area contributed by atoms with Crippen molar-refractivity contribution in [2.24, 2.45) is 0 Å². The number of amides is 1. The molecule has 0 bridgehead atoms. The third-order valence-electron chi connectivity index (χ3n) is 12.7. The summed E-state index contributed by atoms with van der Waals surface area (Å²) in [7, 11) is 1.27. The molecule has 0 saturated carbocycles. The van der Waals surface area contributed by atoms with Gasteiger partial charge in [0.1, 0.15) is 13.2 Å². The van der Waals surface area contributed by atoms with Crippen LogP contribution in [0.1, 0.15) is 271 Å². The SMILES string of the molecule is CCCCCCCCCCCCC/C=C/C(O)C(COP(=O)([O-])OCC[N+](C)(C)C)NC(=O)CCCCCCCCCCCCCCC/C=C\CCCCCCCCCCCCCC. The van der Waals surface area contributed by atoms with E-state index < -0.39 is 20.0 Å². The number of nitrogens with one attached hydrogen (secondary N) is 1. The second-order valence-electron chi connectivity index (χ2n) is 20.3. The first kappa shape index (κ1) is 63.0. The molecule has 0 aromatic rings. The standard InChI is InChI=1S/C55H109N2O6P/c1-6-8-10-12-14-16-18-20-21-22-23-24-25-26-27-28-29-30-31-32-33-34-35-37-39-41-43-45-47-49-55(59)56-53(52-63-64(60,61)62-51-50-57(3,4)5)54(58)48-46-44-42-40-38-36-19-17-15-13-11-9-7-2/h26-27,46,48,53-54,58H,6-25,28-45,47,49-52H2,1-5H3,(H-,56,59,60,61)/b27-26-,48-46+. The second kappa shape index (κ2) is 47.1. The number of rotatable bonds is 51. The molecule has 0 aromatic carbocycles. The van der Waals surface area contributed by atoms with Gasteiger partial charge in [0, 0.05) is 6.42 Å². The summed E-state index contributed by atoms with van der Waals surface area (Å²) in [5, 5.41) is 13.8. The molecule has 64 heavy (non-hydrogen) atoms. The Morgan fingerprint density at radius 1 is 0.531 bits per heavy atom. The van der Waals surface area contributed by atoms with Crippen molar-refractivity contribution in [1.29, 1.82) is 0 Å². The number of hydrogen-bond acceptors (Lipinski definition) is 6.